The lowest BCUT2D eigenvalue weighted by Crippen LogP contribution is -2.42. The van der Waals surface area contributed by atoms with Crippen LogP contribution in [-0.2, 0) is 11.8 Å². The molecule has 0 unspecified atom stereocenters. The summed E-state index contributed by atoms with van der Waals surface area (Å²) in [6, 6.07) is 2.96. The van der Waals surface area contributed by atoms with E-state index in [-0.39, 0.29) is 55.0 Å². The Balaban J connectivity index is 0.00000136. The second kappa shape index (κ2) is 11.2. The molecule has 1 aliphatic heterocycles. The average molecular weight is 529 g/mol. The highest BCUT2D eigenvalue weighted by Crippen LogP contribution is 2.34. The van der Waals surface area contributed by atoms with Crippen LogP contribution in [0.5, 0.6) is 0 Å². The minimum atomic E-state index is -0.558. The van der Waals surface area contributed by atoms with Gasteiger partial charge in [0.25, 0.3) is 5.91 Å². The summed E-state index contributed by atoms with van der Waals surface area (Å²) in [6.45, 7) is 0. The van der Waals surface area contributed by atoms with Gasteiger partial charge in [-0.2, -0.15) is 10.2 Å². The molecule has 1 atom stereocenters. The van der Waals surface area contributed by atoms with Crippen molar-refractivity contribution in [3.8, 4) is 11.3 Å². The third-order valence-electron chi connectivity index (χ3n) is 6.26. The molecule has 0 saturated heterocycles. The highest BCUT2D eigenvalue weighted by molar-refractivity contribution is 6.18. The number of rotatable bonds is 4. The summed E-state index contributed by atoms with van der Waals surface area (Å²) in [4.78, 5) is 28.9. The standard InChI is InChI=1S/C22H25N7O2.3ClH/c1-29-11-13(9-25-29)20-16-10-24-28-21(30)15-7-14(8-17(27-20)18(15)16)26-22(31)19(23)12-5-3-2-4-6-12;;;/h7-12,19,27H,2-6,23H2,1H3,(H,26,31)(H,28,30);3*1H/t19-;;;/m1.../s1. The van der Waals surface area contributed by atoms with Crippen molar-refractivity contribution in [2.24, 2.45) is 23.8 Å². The molecule has 0 bridgehead atoms. The van der Waals surface area contributed by atoms with E-state index >= 15 is 0 Å². The zero-order valence-electron chi connectivity index (χ0n) is 18.5. The number of amides is 2. The first-order valence-corrected chi connectivity index (χ1v) is 10.6. The number of aryl methyl sites for hydroxylation is 1. The summed E-state index contributed by atoms with van der Waals surface area (Å²) in [5.74, 6) is -0.350. The van der Waals surface area contributed by atoms with Crippen LogP contribution in [0.1, 0.15) is 48.0 Å². The lowest BCUT2D eigenvalue weighted by atomic mass is 9.84. The van der Waals surface area contributed by atoms with Gasteiger partial charge < -0.3 is 16.0 Å². The molecule has 3 aromatic rings. The maximum atomic E-state index is 12.8. The van der Waals surface area contributed by atoms with Crippen LogP contribution in [0, 0.1) is 5.92 Å². The van der Waals surface area contributed by atoms with Crippen molar-refractivity contribution in [2.75, 3.05) is 5.32 Å². The van der Waals surface area contributed by atoms with E-state index in [2.05, 4.69) is 25.9 Å². The van der Waals surface area contributed by atoms with Gasteiger partial charge in [0.05, 0.1) is 29.7 Å². The second-order valence-electron chi connectivity index (χ2n) is 8.37. The molecule has 0 radical (unpaired) electrons. The highest BCUT2D eigenvalue weighted by Gasteiger charge is 2.27. The fourth-order valence-corrected chi connectivity index (χ4v) is 4.66. The van der Waals surface area contributed by atoms with E-state index in [1.54, 1.807) is 23.2 Å². The van der Waals surface area contributed by atoms with Crippen molar-refractivity contribution < 1.29 is 9.59 Å². The first-order chi connectivity index (χ1) is 15.0. The van der Waals surface area contributed by atoms with Gasteiger partial charge in [0.1, 0.15) is 0 Å². The number of nitrogens with two attached hydrogens (primary N) is 1. The maximum absolute atomic E-state index is 12.8. The number of aromatic nitrogens is 3. The summed E-state index contributed by atoms with van der Waals surface area (Å²) < 4.78 is 1.71. The summed E-state index contributed by atoms with van der Waals surface area (Å²) in [5.41, 5.74) is 13.0. The Hall–Kier alpha value is -2.59. The molecular formula is C22H28Cl3N7O2. The number of halogens is 3. The predicted molar refractivity (Wildman–Crippen MR) is 140 cm³/mol. The van der Waals surface area contributed by atoms with Crippen molar-refractivity contribution in [1.82, 2.24) is 20.2 Å². The Bertz CT molecular complexity index is 1210. The maximum Gasteiger partial charge on any atom is 0.272 e. The molecule has 0 spiro atoms. The number of aromatic amines is 1. The summed E-state index contributed by atoms with van der Waals surface area (Å²) >= 11 is 0. The number of anilines is 1. The van der Waals surface area contributed by atoms with Crippen LogP contribution in [-0.4, -0.2) is 38.8 Å². The third-order valence-corrected chi connectivity index (χ3v) is 6.26. The fourth-order valence-electron chi connectivity index (χ4n) is 4.66. The van der Waals surface area contributed by atoms with Gasteiger partial charge in [-0.05, 0) is 30.9 Å². The highest BCUT2D eigenvalue weighted by atomic mass is 35.5. The number of carbonyl (C=O) groups excluding carboxylic acids is 2. The topological polar surface area (TPSA) is 130 Å². The van der Waals surface area contributed by atoms with Gasteiger partial charge in [0.2, 0.25) is 5.91 Å². The van der Waals surface area contributed by atoms with Gasteiger partial charge in [-0.25, -0.2) is 5.43 Å². The van der Waals surface area contributed by atoms with E-state index in [0.717, 1.165) is 53.4 Å². The molecule has 2 amide bonds. The fraction of sp³-hybridized carbons (Fsp3) is 0.364. The molecule has 2 aliphatic rings. The molecule has 3 heterocycles. The van der Waals surface area contributed by atoms with E-state index in [4.69, 9.17) is 5.73 Å². The van der Waals surface area contributed by atoms with E-state index in [1.807, 2.05) is 19.3 Å². The SMILES string of the molecule is Cl.Cl.Cl.Cn1cc(-c2[nH]c3cc(NC(=O)[C@H](N)C4CCCCC4)cc4c3c2C=NNC4=O)cn1. The molecule has 2 aromatic heterocycles. The number of hydrazone groups is 1. The molecule has 184 valence electrons. The third kappa shape index (κ3) is 5.07. The lowest BCUT2D eigenvalue weighted by Gasteiger charge is -2.26. The zero-order valence-corrected chi connectivity index (χ0v) is 21.0. The van der Waals surface area contributed by atoms with E-state index in [1.165, 1.54) is 6.42 Å². The van der Waals surface area contributed by atoms with Gasteiger partial charge in [-0.3, -0.25) is 14.3 Å². The lowest BCUT2D eigenvalue weighted by molar-refractivity contribution is -0.118. The Morgan fingerprint density at radius 2 is 1.94 bits per heavy atom. The first-order valence-electron chi connectivity index (χ1n) is 10.6. The van der Waals surface area contributed by atoms with Crippen molar-refractivity contribution in [3.05, 3.63) is 35.7 Å². The molecule has 1 aliphatic carbocycles. The number of nitrogens with zero attached hydrogens (tertiary/aromatic N) is 3. The van der Waals surface area contributed by atoms with Crippen molar-refractivity contribution in [2.45, 2.75) is 38.1 Å². The minimum Gasteiger partial charge on any atom is -0.354 e. The van der Waals surface area contributed by atoms with Crippen LogP contribution in [0.25, 0.3) is 22.2 Å². The van der Waals surface area contributed by atoms with Crippen LogP contribution in [0.2, 0.25) is 0 Å². The molecule has 1 aromatic carbocycles. The second-order valence-corrected chi connectivity index (χ2v) is 8.37. The van der Waals surface area contributed by atoms with Gasteiger partial charge in [-0.15, -0.1) is 37.2 Å². The van der Waals surface area contributed by atoms with Crippen LogP contribution in [0.3, 0.4) is 0 Å². The van der Waals surface area contributed by atoms with Crippen molar-refractivity contribution >= 4 is 71.8 Å². The van der Waals surface area contributed by atoms with Crippen LogP contribution >= 0.6 is 37.2 Å². The molecular weight excluding hydrogens is 501 g/mol. The molecule has 34 heavy (non-hydrogen) atoms. The van der Waals surface area contributed by atoms with Gasteiger partial charge >= 0.3 is 0 Å². The Morgan fingerprint density at radius 3 is 2.62 bits per heavy atom. The minimum absolute atomic E-state index is 0. The predicted octanol–water partition coefficient (Wildman–Crippen LogP) is 3.76. The average Bonchev–Trinajstić information content (AvgIpc) is 3.31. The summed E-state index contributed by atoms with van der Waals surface area (Å²) in [5, 5.41) is 12.0. The van der Waals surface area contributed by atoms with Crippen molar-refractivity contribution in [1.29, 1.82) is 0 Å². The largest absolute Gasteiger partial charge is 0.354 e. The molecule has 9 nitrogen and oxygen atoms in total. The molecule has 1 fully saturated rings. The number of H-pyrrole nitrogens is 1. The molecule has 12 heteroatoms. The molecule has 1 saturated carbocycles. The number of hydrogen-bond donors (Lipinski definition) is 4. The van der Waals surface area contributed by atoms with E-state index in [0.29, 0.717) is 11.3 Å². The smallest absolute Gasteiger partial charge is 0.272 e. The first kappa shape index (κ1) is 27.7. The quantitative estimate of drug-likeness (QED) is 0.411. The molecule has 5 N–H and O–H groups in total. The van der Waals surface area contributed by atoms with Gasteiger partial charge in [-0.1, -0.05) is 19.3 Å². The monoisotopic (exact) mass is 527 g/mol. The number of hydrogen-bond acceptors (Lipinski definition) is 5. The molecule has 5 rings (SSSR count). The Labute approximate surface area is 215 Å². The summed E-state index contributed by atoms with van der Waals surface area (Å²) in [7, 11) is 1.84. The van der Waals surface area contributed by atoms with Crippen LogP contribution in [0.4, 0.5) is 5.69 Å². The number of nitrogens with one attached hydrogen (secondary N) is 3. The van der Waals surface area contributed by atoms with Gasteiger partial charge in [0.15, 0.2) is 0 Å². The Kier molecular flexibility index (Phi) is 9.13. The van der Waals surface area contributed by atoms with Crippen LogP contribution < -0.4 is 16.5 Å². The van der Waals surface area contributed by atoms with Crippen LogP contribution in [0.15, 0.2) is 29.6 Å². The zero-order chi connectivity index (χ0) is 21.5. The Morgan fingerprint density at radius 1 is 1.21 bits per heavy atom. The van der Waals surface area contributed by atoms with E-state index < -0.39 is 6.04 Å². The summed E-state index contributed by atoms with van der Waals surface area (Å²) in [6.07, 6.45) is 10.7. The van der Waals surface area contributed by atoms with Crippen molar-refractivity contribution in [3.63, 3.8) is 0 Å². The van der Waals surface area contributed by atoms with Gasteiger partial charge in [0, 0.05) is 41.0 Å². The normalized spacial score (nSPS) is 15.9. The van der Waals surface area contributed by atoms with E-state index in [9.17, 15) is 9.59 Å². The number of carbonyl (C=O) groups is 2. The number of benzene rings is 1.